The zero-order valence-electron chi connectivity index (χ0n) is 8.43. The van der Waals surface area contributed by atoms with Crippen LogP contribution in [0.5, 0.6) is 0 Å². The highest BCUT2D eigenvalue weighted by Gasteiger charge is 2.13. The molecule has 3 heteroatoms. The molecular weight excluding hydrogens is 214 g/mol. The van der Waals surface area contributed by atoms with Crippen LogP contribution in [-0.2, 0) is 0 Å². The average molecular weight is 228 g/mol. The molecule has 1 N–H and O–H groups in total. The SMILES string of the molecule is CC#CCC(NCC)c1sccc1Cl. The van der Waals surface area contributed by atoms with Crippen molar-refractivity contribution in [3.63, 3.8) is 0 Å². The first-order valence-corrected chi connectivity index (χ1v) is 5.91. The van der Waals surface area contributed by atoms with Gasteiger partial charge in [0.25, 0.3) is 0 Å². The largest absolute Gasteiger partial charge is 0.309 e. The molecule has 0 saturated heterocycles. The summed E-state index contributed by atoms with van der Waals surface area (Å²) in [7, 11) is 0. The van der Waals surface area contributed by atoms with Crippen LogP contribution in [0.2, 0.25) is 5.02 Å². The maximum Gasteiger partial charge on any atom is 0.0561 e. The van der Waals surface area contributed by atoms with E-state index in [2.05, 4.69) is 24.1 Å². The first kappa shape index (κ1) is 11.6. The van der Waals surface area contributed by atoms with E-state index in [9.17, 15) is 0 Å². The highest BCUT2D eigenvalue weighted by atomic mass is 35.5. The van der Waals surface area contributed by atoms with Gasteiger partial charge in [-0.3, -0.25) is 0 Å². The molecule has 1 nitrogen and oxygen atoms in total. The average Bonchev–Trinajstić information content (AvgIpc) is 2.59. The third kappa shape index (κ3) is 3.02. The molecule has 1 aromatic heterocycles. The van der Waals surface area contributed by atoms with Crippen LogP contribution in [0.1, 0.15) is 31.2 Å². The number of halogens is 1. The Labute approximate surface area is 94.5 Å². The first-order valence-electron chi connectivity index (χ1n) is 4.65. The summed E-state index contributed by atoms with van der Waals surface area (Å²) in [4.78, 5) is 1.19. The number of hydrogen-bond donors (Lipinski definition) is 1. The van der Waals surface area contributed by atoms with E-state index < -0.39 is 0 Å². The highest BCUT2D eigenvalue weighted by Crippen LogP contribution is 2.30. The quantitative estimate of drug-likeness (QED) is 0.777. The monoisotopic (exact) mass is 227 g/mol. The van der Waals surface area contributed by atoms with Gasteiger partial charge in [-0.15, -0.1) is 23.2 Å². The van der Waals surface area contributed by atoms with E-state index in [0.717, 1.165) is 18.0 Å². The second kappa shape index (κ2) is 6.08. The van der Waals surface area contributed by atoms with Gasteiger partial charge in [-0.05, 0) is 24.9 Å². The Hall–Kier alpha value is -0.490. The van der Waals surface area contributed by atoms with Gasteiger partial charge in [-0.2, -0.15) is 0 Å². The van der Waals surface area contributed by atoms with Crippen molar-refractivity contribution in [2.45, 2.75) is 26.3 Å². The summed E-state index contributed by atoms with van der Waals surface area (Å²) in [5.74, 6) is 5.99. The van der Waals surface area contributed by atoms with Crippen LogP contribution < -0.4 is 5.32 Å². The zero-order valence-corrected chi connectivity index (χ0v) is 10.0. The van der Waals surface area contributed by atoms with Gasteiger partial charge in [-0.25, -0.2) is 0 Å². The fourth-order valence-corrected chi connectivity index (χ4v) is 2.53. The lowest BCUT2D eigenvalue weighted by molar-refractivity contribution is 0.574. The molecule has 0 aromatic carbocycles. The number of thiophene rings is 1. The van der Waals surface area contributed by atoms with E-state index in [-0.39, 0.29) is 6.04 Å². The van der Waals surface area contributed by atoms with E-state index in [1.54, 1.807) is 11.3 Å². The molecule has 0 aliphatic carbocycles. The molecular formula is C11H14ClNS. The summed E-state index contributed by atoms with van der Waals surface area (Å²) in [6, 6.07) is 2.21. The minimum atomic E-state index is 0.278. The molecule has 0 fully saturated rings. The highest BCUT2D eigenvalue weighted by molar-refractivity contribution is 7.10. The van der Waals surface area contributed by atoms with Gasteiger partial charge >= 0.3 is 0 Å². The molecule has 1 rings (SSSR count). The molecule has 0 radical (unpaired) electrons. The molecule has 0 aliphatic heterocycles. The van der Waals surface area contributed by atoms with E-state index in [4.69, 9.17) is 11.6 Å². The lowest BCUT2D eigenvalue weighted by Crippen LogP contribution is -2.19. The molecule has 0 bridgehead atoms. The molecule has 14 heavy (non-hydrogen) atoms. The maximum absolute atomic E-state index is 6.07. The molecule has 1 heterocycles. The Morgan fingerprint density at radius 1 is 1.64 bits per heavy atom. The fourth-order valence-electron chi connectivity index (χ4n) is 1.26. The molecule has 0 spiro atoms. The number of hydrogen-bond acceptors (Lipinski definition) is 2. The predicted molar refractivity (Wildman–Crippen MR) is 63.8 cm³/mol. The first-order chi connectivity index (χ1) is 6.79. The molecule has 1 aromatic rings. The van der Waals surface area contributed by atoms with Gasteiger partial charge in [-0.1, -0.05) is 18.5 Å². The predicted octanol–water partition coefficient (Wildman–Crippen LogP) is 3.47. The van der Waals surface area contributed by atoms with Crippen LogP contribution in [-0.4, -0.2) is 6.54 Å². The van der Waals surface area contributed by atoms with Gasteiger partial charge in [0, 0.05) is 11.3 Å². The standard InChI is InChI=1S/C11H14ClNS/c1-3-5-6-10(13-4-2)11-9(12)7-8-14-11/h7-8,10,13H,4,6H2,1-2H3. The van der Waals surface area contributed by atoms with Crippen molar-refractivity contribution in [2.24, 2.45) is 0 Å². The smallest absolute Gasteiger partial charge is 0.0561 e. The van der Waals surface area contributed by atoms with Crippen molar-refractivity contribution in [3.05, 3.63) is 21.3 Å². The van der Waals surface area contributed by atoms with Crippen molar-refractivity contribution < 1.29 is 0 Å². The summed E-state index contributed by atoms with van der Waals surface area (Å²) in [6.45, 7) is 4.89. The second-order valence-corrected chi connectivity index (χ2v) is 4.23. The van der Waals surface area contributed by atoms with Crippen molar-refractivity contribution >= 4 is 22.9 Å². The molecule has 1 atom stereocenters. The zero-order chi connectivity index (χ0) is 10.4. The van der Waals surface area contributed by atoms with Crippen molar-refractivity contribution in [1.82, 2.24) is 5.32 Å². The lowest BCUT2D eigenvalue weighted by atomic mass is 10.1. The number of nitrogens with one attached hydrogen (secondary N) is 1. The van der Waals surface area contributed by atoms with Crippen LogP contribution in [0.4, 0.5) is 0 Å². The van der Waals surface area contributed by atoms with Gasteiger partial charge in [0.2, 0.25) is 0 Å². The van der Waals surface area contributed by atoms with Gasteiger partial charge in [0.15, 0.2) is 0 Å². The normalized spacial score (nSPS) is 11.9. The number of rotatable bonds is 4. The van der Waals surface area contributed by atoms with Crippen molar-refractivity contribution in [3.8, 4) is 11.8 Å². The van der Waals surface area contributed by atoms with E-state index in [1.165, 1.54) is 4.88 Å². The maximum atomic E-state index is 6.07. The van der Waals surface area contributed by atoms with E-state index in [1.807, 2.05) is 18.4 Å². The van der Waals surface area contributed by atoms with Crippen LogP contribution in [0.25, 0.3) is 0 Å². The Balaban J connectivity index is 2.75. The van der Waals surface area contributed by atoms with Gasteiger partial charge in [0.1, 0.15) is 0 Å². The van der Waals surface area contributed by atoms with Crippen molar-refractivity contribution in [1.29, 1.82) is 0 Å². The van der Waals surface area contributed by atoms with Crippen molar-refractivity contribution in [2.75, 3.05) is 6.54 Å². The minimum Gasteiger partial charge on any atom is -0.309 e. The second-order valence-electron chi connectivity index (χ2n) is 2.87. The summed E-state index contributed by atoms with van der Waals surface area (Å²) in [5.41, 5.74) is 0. The summed E-state index contributed by atoms with van der Waals surface area (Å²) in [5, 5.41) is 6.25. The lowest BCUT2D eigenvalue weighted by Gasteiger charge is -2.13. The molecule has 0 aliphatic rings. The topological polar surface area (TPSA) is 12.0 Å². The third-order valence-electron chi connectivity index (χ3n) is 1.89. The van der Waals surface area contributed by atoms with Crippen LogP contribution in [0.15, 0.2) is 11.4 Å². The molecule has 76 valence electrons. The summed E-state index contributed by atoms with van der Waals surface area (Å²) in [6.07, 6.45) is 0.824. The van der Waals surface area contributed by atoms with Gasteiger partial charge < -0.3 is 5.32 Å². The Bertz CT molecular complexity index is 335. The Morgan fingerprint density at radius 2 is 2.43 bits per heavy atom. The van der Waals surface area contributed by atoms with Crippen LogP contribution in [0.3, 0.4) is 0 Å². The van der Waals surface area contributed by atoms with Crippen LogP contribution in [0, 0.1) is 11.8 Å². The fraction of sp³-hybridized carbons (Fsp3) is 0.455. The van der Waals surface area contributed by atoms with Gasteiger partial charge in [0.05, 0.1) is 11.1 Å². The van der Waals surface area contributed by atoms with E-state index in [0.29, 0.717) is 0 Å². The molecule has 1 unspecified atom stereocenters. The molecule has 0 amide bonds. The third-order valence-corrected chi connectivity index (χ3v) is 3.37. The van der Waals surface area contributed by atoms with E-state index >= 15 is 0 Å². The summed E-state index contributed by atoms with van der Waals surface area (Å²) < 4.78 is 0. The summed E-state index contributed by atoms with van der Waals surface area (Å²) >= 11 is 7.76. The minimum absolute atomic E-state index is 0.278. The van der Waals surface area contributed by atoms with Crippen LogP contribution >= 0.6 is 22.9 Å². The Morgan fingerprint density at radius 3 is 2.93 bits per heavy atom. The Kier molecular flexibility index (Phi) is 5.03. The molecule has 0 saturated carbocycles.